The highest BCUT2D eigenvalue weighted by molar-refractivity contribution is 6.02. The van der Waals surface area contributed by atoms with Crippen molar-refractivity contribution in [2.24, 2.45) is 0 Å². The Kier molecular flexibility index (Phi) is 3.02. The fraction of sp³-hybridized carbons (Fsp3) is 0.200. The van der Waals surface area contributed by atoms with Crippen LogP contribution in [0, 0.1) is 6.92 Å². The number of aromatic nitrogens is 1. The number of ether oxygens (including phenoxy) is 1. The number of carbonyl (C=O) groups is 1. The SMILES string of the molecule is COc1ccc2c(n1)N(c1ccc(C)cc1)CC(=O)N2. The van der Waals surface area contributed by atoms with Crippen molar-refractivity contribution in [1.29, 1.82) is 0 Å². The van der Waals surface area contributed by atoms with Crippen molar-refractivity contribution in [3.8, 4) is 5.88 Å². The molecule has 0 saturated heterocycles. The molecule has 0 aliphatic carbocycles. The highest BCUT2D eigenvalue weighted by Crippen LogP contribution is 2.34. The molecule has 0 bridgehead atoms. The maximum absolute atomic E-state index is 11.8. The standard InChI is InChI=1S/C15H15N3O2/c1-10-3-5-11(6-4-10)18-9-13(19)16-12-7-8-14(20-2)17-15(12)18/h3-8H,9H2,1-2H3,(H,16,19). The maximum Gasteiger partial charge on any atom is 0.244 e. The number of hydrogen-bond donors (Lipinski definition) is 1. The van der Waals surface area contributed by atoms with E-state index in [1.165, 1.54) is 5.56 Å². The van der Waals surface area contributed by atoms with Gasteiger partial charge < -0.3 is 15.0 Å². The van der Waals surface area contributed by atoms with Crippen LogP contribution in [0.1, 0.15) is 5.56 Å². The lowest BCUT2D eigenvalue weighted by molar-refractivity contribution is -0.115. The van der Waals surface area contributed by atoms with Crippen molar-refractivity contribution in [2.75, 3.05) is 23.9 Å². The second-order valence-electron chi connectivity index (χ2n) is 4.69. The molecule has 1 aliphatic rings. The third kappa shape index (κ3) is 2.18. The molecule has 1 aromatic carbocycles. The number of anilines is 3. The summed E-state index contributed by atoms with van der Waals surface area (Å²) in [7, 11) is 1.58. The number of methoxy groups -OCH3 is 1. The number of hydrogen-bond acceptors (Lipinski definition) is 4. The zero-order valence-corrected chi connectivity index (χ0v) is 11.4. The Labute approximate surface area is 117 Å². The molecule has 1 aromatic heterocycles. The zero-order valence-electron chi connectivity index (χ0n) is 11.4. The topological polar surface area (TPSA) is 54.5 Å². The van der Waals surface area contributed by atoms with E-state index in [9.17, 15) is 4.79 Å². The second-order valence-corrected chi connectivity index (χ2v) is 4.69. The summed E-state index contributed by atoms with van der Waals surface area (Å²) in [6.07, 6.45) is 0. The Morgan fingerprint density at radius 2 is 1.95 bits per heavy atom. The summed E-state index contributed by atoms with van der Waals surface area (Å²) < 4.78 is 5.16. The predicted molar refractivity (Wildman–Crippen MR) is 77.6 cm³/mol. The molecule has 102 valence electrons. The fourth-order valence-corrected chi connectivity index (χ4v) is 2.19. The average Bonchev–Trinajstić information content (AvgIpc) is 2.47. The van der Waals surface area contributed by atoms with Gasteiger partial charge in [0.1, 0.15) is 6.54 Å². The number of nitrogens with zero attached hydrogens (tertiary/aromatic N) is 2. The van der Waals surface area contributed by atoms with Crippen LogP contribution in [0.3, 0.4) is 0 Å². The second kappa shape index (κ2) is 4.85. The van der Waals surface area contributed by atoms with E-state index in [4.69, 9.17) is 4.74 Å². The largest absolute Gasteiger partial charge is 0.481 e. The van der Waals surface area contributed by atoms with Crippen molar-refractivity contribution in [3.05, 3.63) is 42.0 Å². The highest BCUT2D eigenvalue weighted by atomic mass is 16.5. The van der Waals surface area contributed by atoms with Gasteiger partial charge in [-0.1, -0.05) is 17.7 Å². The van der Waals surface area contributed by atoms with E-state index in [2.05, 4.69) is 10.3 Å². The molecule has 5 nitrogen and oxygen atoms in total. The Balaban J connectivity index is 2.08. The van der Waals surface area contributed by atoms with Crippen LogP contribution in [-0.4, -0.2) is 24.5 Å². The first-order chi connectivity index (χ1) is 9.67. The van der Waals surface area contributed by atoms with Crippen LogP contribution in [-0.2, 0) is 4.79 Å². The van der Waals surface area contributed by atoms with Crippen LogP contribution < -0.4 is 15.0 Å². The molecule has 1 amide bonds. The van der Waals surface area contributed by atoms with Crippen molar-refractivity contribution in [1.82, 2.24) is 4.98 Å². The van der Waals surface area contributed by atoms with Crippen molar-refractivity contribution in [3.63, 3.8) is 0 Å². The van der Waals surface area contributed by atoms with Crippen molar-refractivity contribution in [2.45, 2.75) is 6.92 Å². The molecule has 1 aliphatic heterocycles. The van der Waals surface area contributed by atoms with E-state index in [0.29, 0.717) is 17.4 Å². The monoisotopic (exact) mass is 269 g/mol. The lowest BCUT2D eigenvalue weighted by Crippen LogP contribution is -2.35. The number of fused-ring (bicyclic) bond motifs is 1. The van der Waals surface area contributed by atoms with E-state index in [1.54, 1.807) is 19.2 Å². The summed E-state index contributed by atoms with van der Waals surface area (Å²) in [5.74, 6) is 1.18. The van der Waals surface area contributed by atoms with Gasteiger partial charge in [0.15, 0.2) is 5.82 Å². The van der Waals surface area contributed by atoms with E-state index in [1.807, 2.05) is 36.1 Å². The first kappa shape index (κ1) is 12.5. The van der Waals surface area contributed by atoms with Gasteiger partial charge in [-0.25, -0.2) is 0 Å². The molecule has 0 saturated carbocycles. The molecule has 0 atom stereocenters. The Morgan fingerprint density at radius 3 is 2.65 bits per heavy atom. The highest BCUT2D eigenvalue weighted by Gasteiger charge is 2.25. The predicted octanol–water partition coefficient (Wildman–Crippen LogP) is 2.49. The van der Waals surface area contributed by atoms with E-state index >= 15 is 0 Å². The lowest BCUT2D eigenvalue weighted by atomic mass is 10.2. The molecule has 2 heterocycles. The van der Waals surface area contributed by atoms with Crippen LogP contribution in [0.25, 0.3) is 0 Å². The molecule has 20 heavy (non-hydrogen) atoms. The summed E-state index contributed by atoms with van der Waals surface area (Å²) in [5, 5.41) is 2.82. The quantitative estimate of drug-likeness (QED) is 0.910. The summed E-state index contributed by atoms with van der Waals surface area (Å²) >= 11 is 0. The summed E-state index contributed by atoms with van der Waals surface area (Å²) in [4.78, 5) is 18.1. The number of pyridine rings is 1. The van der Waals surface area contributed by atoms with Crippen LogP contribution in [0.15, 0.2) is 36.4 Å². The first-order valence-corrected chi connectivity index (χ1v) is 6.36. The minimum Gasteiger partial charge on any atom is -0.481 e. The molecule has 0 radical (unpaired) electrons. The Hall–Kier alpha value is -2.56. The fourth-order valence-electron chi connectivity index (χ4n) is 2.19. The number of amides is 1. The van der Waals surface area contributed by atoms with Gasteiger partial charge in [0.2, 0.25) is 11.8 Å². The van der Waals surface area contributed by atoms with Gasteiger partial charge in [0.25, 0.3) is 0 Å². The maximum atomic E-state index is 11.8. The lowest BCUT2D eigenvalue weighted by Gasteiger charge is -2.29. The molecular weight excluding hydrogens is 254 g/mol. The van der Waals surface area contributed by atoms with Crippen LogP contribution in [0.5, 0.6) is 5.88 Å². The molecule has 5 heteroatoms. The molecule has 0 unspecified atom stereocenters. The van der Waals surface area contributed by atoms with Gasteiger partial charge in [0, 0.05) is 11.8 Å². The van der Waals surface area contributed by atoms with Crippen molar-refractivity contribution < 1.29 is 9.53 Å². The van der Waals surface area contributed by atoms with Gasteiger partial charge in [-0.05, 0) is 25.1 Å². The molecule has 2 aromatic rings. The van der Waals surface area contributed by atoms with E-state index in [0.717, 1.165) is 5.69 Å². The normalized spacial score (nSPS) is 13.7. The van der Waals surface area contributed by atoms with Gasteiger partial charge >= 0.3 is 0 Å². The molecule has 1 N–H and O–H groups in total. The average molecular weight is 269 g/mol. The molecule has 3 rings (SSSR count). The third-order valence-electron chi connectivity index (χ3n) is 3.24. The Morgan fingerprint density at radius 1 is 1.20 bits per heavy atom. The van der Waals surface area contributed by atoms with Crippen LogP contribution >= 0.6 is 0 Å². The summed E-state index contributed by atoms with van der Waals surface area (Å²) in [5.41, 5.74) is 2.81. The van der Waals surface area contributed by atoms with Crippen LogP contribution in [0.4, 0.5) is 17.2 Å². The minimum atomic E-state index is -0.0509. The van der Waals surface area contributed by atoms with Crippen LogP contribution in [0.2, 0.25) is 0 Å². The number of carbonyl (C=O) groups excluding carboxylic acids is 1. The van der Waals surface area contributed by atoms with E-state index < -0.39 is 0 Å². The molecule has 0 fully saturated rings. The van der Waals surface area contributed by atoms with Gasteiger partial charge in [-0.15, -0.1) is 0 Å². The van der Waals surface area contributed by atoms with Gasteiger partial charge in [-0.3, -0.25) is 4.79 Å². The number of rotatable bonds is 2. The van der Waals surface area contributed by atoms with Gasteiger partial charge in [-0.2, -0.15) is 4.98 Å². The number of benzene rings is 1. The van der Waals surface area contributed by atoms with E-state index in [-0.39, 0.29) is 12.5 Å². The third-order valence-corrected chi connectivity index (χ3v) is 3.24. The zero-order chi connectivity index (χ0) is 14.1. The first-order valence-electron chi connectivity index (χ1n) is 6.36. The summed E-state index contributed by atoms with van der Waals surface area (Å²) in [6, 6.07) is 11.5. The number of aryl methyl sites for hydroxylation is 1. The minimum absolute atomic E-state index is 0.0509. The molecular formula is C15H15N3O2. The number of nitrogens with one attached hydrogen (secondary N) is 1. The van der Waals surface area contributed by atoms with Gasteiger partial charge in [0.05, 0.1) is 12.8 Å². The summed E-state index contributed by atoms with van der Waals surface area (Å²) in [6.45, 7) is 2.28. The smallest absolute Gasteiger partial charge is 0.244 e. The Bertz CT molecular complexity index is 653. The molecule has 0 spiro atoms. The van der Waals surface area contributed by atoms with Crippen molar-refractivity contribution >= 4 is 23.1 Å².